The minimum absolute atomic E-state index is 0.0477. The van der Waals surface area contributed by atoms with Crippen molar-refractivity contribution in [3.05, 3.63) is 21.4 Å². The maximum atomic E-state index is 11.9. The summed E-state index contributed by atoms with van der Waals surface area (Å²) in [7, 11) is 3.11. The molecule has 0 aliphatic carbocycles. The predicted molar refractivity (Wildman–Crippen MR) is 69.5 cm³/mol. The third kappa shape index (κ3) is 3.01. The molecule has 6 heteroatoms. The molecule has 17 heavy (non-hydrogen) atoms. The first kappa shape index (κ1) is 12.9. The molecule has 0 saturated carbocycles. The van der Waals surface area contributed by atoms with Crippen molar-refractivity contribution in [2.24, 2.45) is 0 Å². The van der Waals surface area contributed by atoms with E-state index in [4.69, 9.17) is 9.47 Å². The van der Waals surface area contributed by atoms with Crippen LogP contribution in [0.5, 0.6) is 0 Å². The van der Waals surface area contributed by atoms with Crippen molar-refractivity contribution in [3.8, 4) is 0 Å². The molecule has 2 heterocycles. The number of hydrogen-bond acceptors (Lipinski definition) is 5. The number of amides is 1. The fourth-order valence-corrected chi connectivity index (χ4v) is 4.02. The second kappa shape index (κ2) is 5.86. The van der Waals surface area contributed by atoms with Gasteiger partial charge in [0.25, 0.3) is 5.91 Å². The molecule has 2 rings (SSSR count). The highest BCUT2D eigenvalue weighted by Gasteiger charge is 2.19. The summed E-state index contributed by atoms with van der Waals surface area (Å²) in [4.78, 5) is 14.0. The van der Waals surface area contributed by atoms with Crippen LogP contribution >= 0.6 is 23.1 Å². The molecule has 1 aromatic rings. The zero-order valence-corrected chi connectivity index (χ0v) is 11.5. The molecule has 0 unspecified atom stereocenters. The van der Waals surface area contributed by atoms with Gasteiger partial charge in [-0.15, -0.1) is 11.3 Å². The number of fused-ring (bicyclic) bond motifs is 1. The first-order chi connectivity index (χ1) is 8.24. The van der Waals surface area contributed by atoms with Crippen molar-refractivity contribution in [3.63, 3.8) is 0 Å². The summed E-state index contributed by atoms with van der Waals surface area (Å²) in [6.07, 6.45) is -0.388. The van der Waals surface area contributed by atoms with E-state index in [1.807, 2.05) is 17.8 Å². The number of carbonyl (C=O) groups excluding carboxylic acids is 1. The van der Waals surface area contributed by atoms with Crippen LogP contribution in [0, 0.1) is 0 Å². The lowest BCUT2D eigenvalue weighted by molar-refractivity contribution is -0.0974. The number of rotatable bonds is 5. The quantitative estimate of drug-likeness (QED) is 0.832. The molecule has 1 aliphatic heterocycles. The van der Waals surface area contributed by atoms with E-state index in [-0.39, 0.29) is 12.2 Å². The van der Waals surface area contributed by atoms with Gasteiger partial charge in [-0.2, -0.15) is 11.8 Å². The zero-order valence-electron chi connectivity index (χ0n) is 9.82. The number of hydrogen-bond donors (Lipinski definition) is 1. The summed E-state index contributed by atoms with van der Waals surface area (Å²) in [6, 6.07) is 1.99. The molecule has 1 N–H and O–H groups in total. The molecule has 0 atom stereocenters. The monoisotopic (exact) mass is 273 g/mol. The van der Waals surface area contributed by atoms with Crippen molar-refractivity contribution in [1.82, 2.24) is 5.32 Å². The Labute approximate surface area is 109 Å². The van der Waals surface area contributed by atoms with Gasteiger partial charge in [-0.3, -0.25) is 4.79 Å². The van der Waals surface area contributed by atoms with Crippen LogP contribution in [0.25, 0.3) is 0 Å². The number of methoxy groups -OCH3 is 2. The van der Waals surface area contributed by atoms with E-state index in [2.05, 4.69) is 5.32 Å². The third-order valence-electron chi connectivity index (χ3n) is 2.57. The normalized spacial score (nSPS) is 14.1. The van der Waals surface area contributed by atoms with Gasteiger partial charge in [0.15, 0.2) is 6.29 Å². The average molecular weight is 273 g/mol. The molecule has 0 spiro atoms. The molecule has 0 saturated heterocycles. The Balaban J connectivity index is 1.91. The van der Waals surface area contributed by atoms with Crippen molar-refractivity contribution in [1.29, 1.82) is 0 Å². The molecular weight excluding hydrogens is 258 g/mol. The van der Waals surface area contributed by atoms with Crippen LogP contribution in [-0.4, -0.2) is 33.0 Å². The van der Waals surface area contributed by atoms with Crippen LogP contribution in [0.3, 0.4) is 0 Å². The molecule has 0 fully saturated rings. The topological polar surface area (TPSA) is 47.6 Å². The molecule has 4 nitrogen and oxygen atoms in total. The Morgan fingerprint density at radius 1 is 1.47 bits per heavy atom. The molecule has 1 aromatic heterocycles. The van der Waals surface area contributed by atoms with Crippen LogP contribution in [0.2, 0.25) is 0 Å². The summed E-state index contributed by atoms with van der Waals surface area (Å²) < 4.78 is 10.0. The molecule has 1 amide bonds. The summed E-state index contributed by atoms with van der Waals surface area (Å²) in [5.74, 6) is 2.01. The average Bonchev–Trinajstić information content (AvgIpc) is 2.90. The standard InChI is InChI=1S/C11H15NO3S2/c1-14-10(15-2)4-12-11(13)8-3-7-5-16-6-9(7)17-8/h3,10H,4-6H2,1-2H3,(H,12,13). The van der Waals surface area contributed by atoms with Gasteiger partial charge in [0, 0.05) is 30.6 Å². The van der Waals surface area contributed by atoms with Crippen molar-refractivity contribution in [2.75, 3.05) is 20.8 Å². The van der Waals surface area contributed by atoms with Crippen LogP contribution < -0.4 is 5.32 Å². The van der Waals surface area contributed by atoms with Crippen LogP contribution in [0.1, 0.15) is 20.1 Å². The molecular formula is C11H15NO3S2. The van der Waals surface area contributed by atoms with Gasteiger partial charge in [-0.1, -0.05) is 0 Å². The first-order valence-corrected chi connectivity index (χ1v) is 7.25. The van der Waals surface area contributed by atoms with Gasteiger partial charge >= 0.3 is 0 Å². The Morgan fingerprint density at radius 3 is 2.88 bits per heavy atom. The van der Waals surface area contributed by atoms with Crippen molar-refractivity contribution in [2.45, 2.75) is 17.8 Å². The third-order valence-corrected chi connectivity index (χ3v) is 4.93. The lowest BCUT2D eigenvalue weighted by Gasteiger charge is -2.13. The molecule has 94 valence electrons. The van der Waals surface area contributed by atoms with Gasteiger partial charge in [-0.05, 0) is 11.6 Å². The van der Waals surface area contributed by atoms with Gasteiger partial charge in [0.2, 0.25) is 0 Å². The lowest BCUT2D eigenvalue weighted by atomic mass is 10.3. The Bertz CT molecular complexity index is 380. The van der Waals surface area contributed by atoms with E-state index in [0.717, 1.165) is 16.4 Å². The molecule has 0 radical (unpaired) electrons. The van der Waals surface area contributed by atoms with E-state index in [9.17, 15) is 4.79 Å². The maximum Gasteiger partial charge on any atom is 0.261 e. The fraction of sp³-hybridized carbons (Fsp3) is 0.545. The van der Waals surface area contributed by atoms with E-state index < -0.39 is 0 Å². The fourth-order valence-electron chi connectivity index (χ4n) is 1.60. The lowest BCUT2D eigenvalue weighted by Crippen LogP contribution is -2.33. The minimum Gasteiger partial charge on any atom is -0.354 e. The van der Waals surface area contributed by atoms with E-state index in [1.165, 1.54) is 10.4 Å². The smallest absolute Gasteiger partial charge is 0.261 e. The van der Waals surface area contributed by atoms with E-state index in [0.29, 0.717) is 6.54 Å². The highest BCUT2D eigenvalue weighted by atomic mass is 32.2. The molecule has 0 aromatic carbocycles. The number of ether oxygens (including phenoxy) is 2. The minimum atomic E-state index is -0.388. The summed E-state index contributed by atoms with van der Waals surface area (Å²) in [5.41, 5.74) is 1.31. The first-order valence-electron chi connectivity index (χ1n) is 5.27. The number of thioether (sulfide) groups is 1. The Kier molecular flexibility index (Phi) is 4.44. The summed E-state index contributed by atoms with van der Waals surface area (Å²) in [6.45, 7) is 0.364. The second-order valence-corrected chi connectivity index (χ2v) is 5.79. The number of nitrogens with one attached hydrogen (secondary N) is 1. The largest absolute Gasteiger partial charge is 0.354 e. The Morgan fingerprint density at radius 2 is 2.24 bits per heavy atom. The number of thiophene rings is 1. The highest BCUT2D eigenvalue weighted by Crippen LogP contribution is 2.36. The summed E-state index contributed by atoms with van der Waals surface area (Å²) in [5, 5.41) is 2.80. The maximum absolute atomic E-state index is 11.9. The van der Waals surface area contributed by atoms with Gasteiger partial charge < -0.3 is 14.8 Å². The van der Waals surface area contributed by atoms with Gasteiger partial charge in [0.05, 0.1) is 11.4 Å². The molecule has 1 aliphatic rings. The van der Waals surface area contributed by atoms with Gasteiger partial charge in [0.1, 0.15) is 0 Å². The van der Waals surface area contributed by atoms with Gasteiger partial charge in [-0.25, -0.2) is 0 Å². The van der Waals surface area contributed by atoms with Crippen molar-refractivity contribution < 1.29 is 14.3 Å². The SMILES string of the molecule is COC(CNC(=O)c1cc2c(s1)CSC2)OC. The number of carbonyl (C=O) groups is 1. The second-order valence-electron chi connectivity index (χ2n) is 3.66. The van der Waals surface area contributed by atoms with Crippen LogP contribution in [-0.2, 0) is 21.0 Å². The summed E-state index contributed by atoms with van der Waals surface area (Å²) >= 11 is 3.48. The zero-order chi connectivity index (χ0) is 12.3. The van der Waals surface area contributed by atoms with Crippen LogP contribution in [0.4, 0.5) is 0 Å². The predicted octanol–water partition coefficient (Wildman–Crippen LogP) is 1.84. The Hall–Kier alpha value is -0.560. The highest BCUT2D eigenvalue weighted by molar-refractivity contribution is 7.98. The van der Waals surface area contributed by atoms with E-state index >= 15 is 0 Å². The van der Waals surface area contributed by atoms with Crippen molar-refractivity contribution >= 4 is 29.0 Å². The molecule has 0 bridgehead atoms. The van der Waals surface area contributed by atoms with Crippen LogP contribution in [0.15, 0.2) is 6.07 Å². The van der Waals surface area contributed by atoms with E-state index in [1.54, 1.807) is 25.6 Å².